The van der Waals surface area contributed by atoms with E-state index < -0.39 is 11.9 Å². The average Bonchev–Trinajstić information content (AvgIpc) is 3.52. The molecule has 1 unspecified atom stereocenters. The zero-order chi connectivity index (χ0) is 22.7. The monoisotopic (exact) mass is 455 g/mol. The highest BCUT2D eigenvalue weighted by Gasteiger charge is 2.41. The minimum atomic E-state index is -0.427. The lowest BCUT2D eigenvalue weighted by atomic mass is 10.1. The topological polar surface area (TPSA) is 79.8 Å². The lowest BCUT2D eigenvalue weighted by molar-refractivity contribution is -0.130. The van der Waals surface area contributed by atoms with Gasteiger partial charge in [0, 0.05) is 19.0 Å². The number of thiazole rings is 1. The molecule has 1 aliphatic heterocycles. The summed E-state index contributed by atoms with van der Waals surface area (Å²) in [4.78, 5) is 47.2. The first-order valence-electron chi connectivity index (χ1n) is 11.3. The summed E-state index contributed by atoms with van der Waals surface area (Å²) in [7, 11) is 0. The number of anilines is 1. The Labute approximate surface area is 192 Å². The number of hydrogen-bond donors (Lipinski definition) is 0. The molecule has 1 atom stereocenters. The molecule has 2 amide bonds. The van der Waals surface area contributed by atoms with Crippen LogP contribution in [0.3, 0.4) is 0 Å². The fourth-order valence-corrected chi connectivity index (χ4v) is 5.54. The van der Waals surface area contributed by atoms with E-state index in [4.69, 9.17) is 4.74 Å². The van der Waals surface area contributed by atoms with Crippen molar-refractivity contribution in [3.8, 4) is 0 Å². The number of nitrogens with zero attached hydrogens (tertiary/aromatic N) is 3. The van der Waals surface area contributed by atoms with Crippen LogP contribution >= 0.6 is 11.3 Å². The van der Waals surface area contributed by atoms with Crippen molar-refractivity contribution in [1.82, 2.24) is 9.88 Å². The van der Waals surface area contributed by atoms with Crippen LogP contribution in [0.25, 0.3) is 0 Å². The zero-order valence-electron chi connectivity index (χ0n) is 18.6. The minimum Gasteiger partial charge on any atom is -0.462 e. The van der Waals surface area contributed by atoms with Gasteiger partial charge in [-0.1, -0.05) is 54.5 Å². The number of hydrogen-bond acceptors (Lipinski definition) is 6. The third kappa shape index (κ3) is 4.70. The molecule has 32 heavy (non-hydrogen) atoms. The number of rotatable bonds is 7. The van der Waals surface area contributed by atoms with E-state index in [0.717, 1.165) is 31.2 Å². The molecule has 0 N–H and O–H groups in total. The number of esters is 1. The van der Waals surface area contributed by atoms with E-state index in [9.17, 15) is 14.4 Å². The van der Waals surface area contributed by atoms with Crippen LogP contribution in [0.15, 0.2) is 30.3 Å². The van der Waals surface area contributed by atoms with Crippen LogP contribution in [0.4, 0.5) is 5.13 Å². The molecule has 1 aromatic heterocycles. The molecule has 2 aromatic rings. The van der Waals surface area contributed by atoms with E-state index in [-0.39, 0.29) is 30.9 Å². The van der Waals surface area contributed by atoms with Crippen molar-refractivity contribution in [3.05, 3.63) is 46.5 Å². The average molecular weight is 456 g/mol. The molecule has 1 saturated heterocycles. The maximum atomic E-state index is 13.7. The molecular weight excluding hydrogens is 426 g/mol. The summed E-state index contributed by atoms with van der Waals surface area (Å²) in [5.41, 5.74) is 1.51. The molecule has 2 aliphatic rings. The molecule has 2 heterocycles. The van der Waals surface area contributed by atoms with Gasteiger partial charge in [-0.3, -0.25) is 14.5 Å². The Morgan fingerprint density at radius 2 is 1.94 bits per heavy atom. The second-order valence-corrected chi connectivity index (χ2v) is 9.40. The first kappa shape index (κ1) is 22.5. The summed E-state index contributed by atoms with van der Waals surface area (Å²) >= 11 is 1.17. The molecule has 1 aromatic carbocycles. The van der Waals surface area contributed by atoms with Gasteiger partial charge in [-0.25, -0.2) is 9.78 Å². The van der Waals surface area contributed by atoms with Crippen molar-refractivity contribution in [2.24, 2.45) is 5.92 Å². The fraction of sp³-hybridized carbons (Fsp3) is 0.500. The molecule has 1 saturated carbocycles. The number of carbonyl (C=O) groups excluding carboxylic acids is 3. The molecule has 1 aliphatic carbocycles. The Balaban J connectivity index is 1.60. The van der Waals surface area contributed by atoms with Gasteiger partial charge >= 0.3 is 5.97 Å². The summed E-state index contributed by atoms with van der Waals surface area (Å²) in [5, 5.41) is 0.464. The normalized spacial score (nSPS) is 18.9. The Hall–Kier alpha value is -2.74. The van der Waals surface area contributed by atoms with Crippen molar-refractivity contribution >= 4 is 34.3 Å². The molecule has 170 valence electrons. The van der Waals surface area contributed by atoms with Gasteiger partial charge < -0.3 is 9.64 Å². The highest BCUT2D eigenvalue weighted by molar-refractivity contribution is 7.17. The number of aromatic nitrogens is 1. The molecule has 0 radical (unpaired) electrons. The van der Waals surface area contributed by atoms with Crippen molar-refractivity contribution in [1.29, 1.82) is 0 Å². The van der Waals surface area contributed by atoms with E-state index in [1.807, 2.05) is 35.2 Å². The molecule has 0 spiro atoms. The largest absolute Gasteiger partial charge is 0.462 e. The predicted molar refractivity (Wildman–Crippen MR) is 123 cm³/mol. The van der Waals surface area contributed by atoms with Gasteiger partial charge in [-0.05, 0) is 32.3 Å². The Kier molecular flexibility index (Phi) is 6.89. The number of benzene rings is 1. The smallest absolute Gasteiger partial charge is 0.350 e. The standard InChI is InChI=1S/C24H29N3O4S/c1-3-31-23(30)21-16(2)25-24(32-21)27(14-17-9-5-4-6-10-17)22(29)18-13-20(28)26(15-18)19-11-7-8-12-19/h4-6,9-10,18-19H,3,7-8,11-15H2,1-2H3. The van der Waals surface area contributed by atoms with Crippen molar-refractivity contribution < 1.29 is 19.1 Å². The van der Waals surface area contributed by atoms with Crippen LogP contribution in [-0.2, 0) is 20.9 Å². The first-order valence-corrected chi connectivity index (χ1v) is 12.1. The molecule has 4 rings (SSSR count). The summed E-state index contributed by atoms with van der Waals surface area (Å²) in [6.45, 7) is 4.58. The minimum absolute atomic E-state index is 0.0671. The molecule has 8 heteroatoms. The van der Waals surface area contributed by atoms with Crippen LogP contribution in [-0.4, -0.2) is 46.9 Å². The Bertz CT molecular complexity index is 984. The van der Waals surface area contributed by atoms with Crippen LogP contribution in [0.1, 0.15) is 60.0 Å². The number of amides is 2. The van der Waals surface area contributed by atoms with Crippen molar-refractivity contribution in [2.45, 2.75) is 58.5 Å². The van der Waals surface area contributed by atoms with Gasteiger partial charge in [0.15, 0.2) is 5.13 Å². The van der Waals surface area contributed by atoms with Crippen molar-refractivity contribution in [2.75, 3.05) is 18.1 Å². The maximum Gasteiger partial charge on any atom is 0.350 e. The van der Waals surface area contributed by atoms with Crippen LogP contribution in [0, 0.1) is 12.8 Å². The third-order valence-corrected chi connectivity index (χ3v) is 7.36. The van der Waals surface area contributed by atoms with Crippen LogP contribution in [0.5, 0.6) is 0 Å². The first-order chi connectivity index (χ1) is 15.5. The van der Waals surface area contributed by atoms with Gasteiger partial charge in [0.25, 0.3) is 0 Å². The van der Waals surface area contributed by atoms with E-state index in [2.05, 4.69) is 4.98 Å². The van der Waals surface area contributed by atoms with Gasteiger partial charge in [-0.15, -0.1) is 0 Å². The number of aryl methyl sites for hydroxylation is 1. The lowest BCUT2D eigenvalue weighted by Gasteiger charge is -2.26. The summed E-state index contributed by atoms with van der Waals surface area (Å²) in [5.74, 6) is -0.879. The lowest BCUT2D eigenvalue weighted by Crippen LogP contribution is -2.39. The van der Waals surface area contributed by atoms with Crippen LogP contribution in [0.2, 0.25) is 0 Å². The van der Waals surface area contributed by atoms with Gasteiger partial charge in [0.05, 0.1) is 24.8 Å². The highest BCUT2D eigenvalue weighted by atomic mass is 32.1. The predicted octanol–water partition coefficient (Wildman–Crippen LogP) is 3.95. The number of carbonyl (C=O) groups is 3. The van der Waals surface area contributed by atoms with E-state index in [1.54, 1.807) is 18.7 Å². The van der Waals surface area contributed by atoms with Gasteiger partial charge in [-0.2, -0.15) is 0 Å². The van der Waals surface area contributed by atoms with Gasteiger partial charge in [0.2, 0.25) is 11.8 Å². The molecule has 7 nitrogen and oxygen atoms in total. The SMILES string of the molecule is CCOC(=O)c1sc(N(Cc2ccccc2)C(=O)C2CC(=O)N(C3CCCC3)C2)nc1C. The second-order valence-electron chi connectivity index (χ2n) is 8.43. The summed E-state index contributed by atoms with van der Waals surface area (Å²) < 4.78 is 5.14. The zero-order valence-corrected chi connectivity index (χ0v) is 19.4. The van der Waals surface area contributed by atoms with Gasteiger partial charge in [0.1, 0.15) is 4.88 Å². The Morgan fingerprint density at radius 1 is 1.22 bits per heavy atom. The summed E-state index contributed by atoms with van der Waals surface area (Å²) in [6.07, 6.45) is 4.56. The maximum absolute atomic E-state index is 13.7. The van der Waals surface area contributed by atoms with E-state index >= 15 is 0 Å². The molecular formula is C24H29N3O4S. The number of ether oxygens (including phenoxy) is 1. The molecule has 0 bridgehead atoms. The summed E-state index contributed by atoms with van der Waals surface area (Å²) in [6, 6.07) is 9.96. The van der Waals surface area contributed by atoms with E-state index in [1.165, 1.54) is 11.3 Å². The van der Waals surface area contributed by atoms with Crippen molar-refractivity contribution in [3.63, 3.8) is 0 Å². The molecule has 2 fully saturated rings. The Morgan fingerprint density at radius 3 is 2.62 bits per heavy atom. The second kappa shape index (κ2) is 9.81. The highest BCUT2D eigenvalue weighted by Crippen LogP contribution is 2.33. The quantitative estimate of drug-likeness (QED) is 0.591. The van der Waals surface area contributed by atoms with E-state index in [0.29, 0.717) is 28.8 Å². The third-order valence-electron chi connectivity index (χ3n) is 6.20. The fourth-order valence-electron chi connectivity index (χ4n) is 4.58. The van der Waals surface area contributed by atoms with Crippen LogP contribution < -0.4 is 4.90 Å². The number of likely N-dealkylation sites (tertiary alicyclic amines) is 1.